The van der Waals surface area contributed by atoms with Crippen molar-refractivity contribution in [1.29, 1.82) is 0 Å². The summed E-state index contributed by atoms with van der Waals surface area (Å²) >= 11 is 0. The van der Waals surface area contributed by atoms with Crippen LogP contribution in [0.1, 0.15) is 11.7 Å². The molecule has 1 amide bonds. The zero-order valence-corrected chi connectivity index (χ0v) is 11.6. The number of aliphatic hydroxyl groups is 1. The van der Waals surface area contributed by atoms with Gasteiger partial charge in [0.2, 0.25) is 5.91 Å². The van der Waals surface area contributed by atoms with Crippen LogP contribution >= 0.6 is 0 Å². The Balaban J connectivity index is 2.24. The summed E-state index contributed by atoms with van der Waals surface area (Å²) in [5, 5.41) is 19.6. The fraction of sp³-hybridized carbons (Fsp3) is 0.308. The second kappa shape index (κ2) is 6.71. The van der Waals surface area contributed by atoms with Crippen LogP contribution in [0.15, 0.2) is 30.5 Å². The standard InChI is InChI=1S/C13H17N5O3/c1-21-11-5-3-2-4-9(11)15-12(13(14)20)10-8-18(6-7-19)17-16-10/h2-5,8,12,15,19H,6-7H2,1H3,(H2,14,20). The lowest BCUT2D eigenvalue weighted by atomic mass is 10.2. The third kappa shape index (κ3) is 3.48. The highest BCUT2D eigenvalue weighted by molar-refractivity contribution is 5.84. The maximum atomic E-state index is 11.7. The monoisotopic (exact) mass is 291 g/mol. The first-order valence-electron chi connectivity index (χ1n) is 6.35. The molecule has 1 atom stereocenters. The molecule has 1 aromatic carbocycles. The van der Waals surface area contributed by atoms with Gasteiger partial charge >= 0.3 is 0 Å². The molecule has 2 rings (SSSR count). The number of methoxy groups -OCH3 is 1. The van der Waals surface area contributed by atoms with Crippen LogP contribution in [0.4, 0.5) is 5.69 Å². The van der Waals surface area contributed by atoms with Gasteiger partial charge in [-0.05, 0) is 12.1 Å². The lowest BCUT2D eigenvalue weighted by molar-refractivity contribution is -0.118. The maximum Gasteiger partial charge on any atom is 0.246 e. The number of aliphatic hydroxyl groups excluding tert-OH is 1. The van der Waals surface area contributed by atoms with Crippen LogP contribution in [0, 0.1) is 0 Å². The van der Waals surface area contributed by atoms with E-state index in [1.54, 1.807) is 18.3 Å². The molecule has 8 nitrogen and oxygen atoms in total. The molecular formula is C13H17N5O3. The van der Waals surface area contributed by atoms with E-state index < -0.39 is 11.9 Å². The lowest BCUT2D eigenvalue weighted by Crippen LogP contribution is -2.28. The first kappa shape index (κ1) is 14.8. The molecule has 1 aromatic heterocycles. The van der Waals surface area contributed by atoms with Gasteiger partial charge in [0.25, 0.3) is 0 Å². The van der Waals surface area contributed by atoms with E-state index in [9.17, 15) is 4.79 Å². The van der Waals surface area contributed by atoms with E-state index in [4.69, 9.17) is 15.6 Å². The molecule has 0 saturated heterocycles. The summed E-state index contributed by atoms with van der Waals surface area (Å²) in [6, 6.07) is 6.33. The van der Waals surface area contributed by atoms with Gasteiger partial charge in [-0.2, -0.15) is 0 Å². The van der Waals surface area contributed by atoms with Crippen LogP contribution in [-0.4, -0.2) is 39.7 Å². The van der Waals surface area contributed by atoms with E-state index in [2.05, 4.69) is 15.6 Å². The van der Waals surface area contributed by atoms with Crippen LogP contribution in [0.2, 0.25) is 0 Å². The second-order valence-corrected chi connectivity index (χ2v) is 4.31. The highest BCUT2D eigenvalue weighted by Crippen LogP contribution is 2.27. The number of anilines is 1. The molecule has 1 unspecified atom stereocenters. The summed E-state index contributed by atoms with van der Waals surface area (Å²) in [5.41, 5.74) is 6.42. The van der Waals surface area contributed by atoms with Gasteiger partial charge in [0.05, 0.1) is 32.1 Å². The Morgan fingerprint density at radius 1 is 1.52 bits per heavy atom. The molecule has 0 aliphatic carbocycles. The lowest BCUT2D eigenvalue weighted by Gasteiger charge is -2.16. The number of amides is 1. The van der Waals surface area contributed by atoms with E-state index in [1.165, 1.54) is 11.8 Å². The van der Waals surface area contributed by atoms with E-state index in [0.717, 1.165) is 0 Å². The van der Waals surface area contributed by atoms with Crippen molar-refractivity contribution in [3.05, 3.63) is 36.2 Å². The molecular weight excluding hydrogens is 274 g/mol. The minimum Gasteiger partial charge on any atom is -0.495 e. The molecule has 2 aromatic rings. The Morgan fingerprint density at radius 3 is 2.95 bits per heavy atom. The number of carbonyl (C=O) groups is 1. The topological polar surface area (TPSA) is 115 Å². The van der Waals surface area contributed by atoms with Gasteiger partial charge in [0, 0.05) is 0 Å². The van der Waals surface area contributed by atoms with Gasteiger partial charge in [0.15, 0.2) is 6.04 Å². The Morgan fingerprint density at radius 2 is 2.29 bits per heavy atom. The van der Waals surface area contributed by atoms with Crippen LogP contribution in [0.25, 0.3) is 0 Å². The molecule has 4 N–H and O–H groups in total. The van der Waals surface area contributed by atoms with Crippen molar-refractivity contribution in [2.75, 3.05) is 19.0 Å². The largest absolute Gasteiger partial charge is 0.495 e. The first-order chi connectivity index (χ1) is 10.2. The predicted molar refractivity (Wildman–Crippen MR) is 75.7 cm³/mol. The minimum atomic E-state index is -0.839. The third-order valence-corrected chi connectivity index (χ3v) is 2.87. The number of rotatable bonds is 7. The molecule has 0 radical (unpaired) electrons. The summed E-state index contributed by atoms with van der Waals surface area (Å²) in [4.78, 5) is 11.7. The highest BCUT2D eigenvalue weighted by Gasteiger charge is 2.22. The first-order valence-corrected chi connectivity index (χ1v) is 6.35. The molecule has 0 aliphatic rings. The van der Waals surface area contributed by atoms with Crippen LogP contribution < -0.4 is 15.8 Å². The SMILES string of the molecule is COc1ccccc1NC(C(N)=O)c1cn(CCO)nn1. The number of hydrogen-bond donors (Lipinski definition) is 3. The molecule has 0 fully saturated rings. The van der Waals surface area contributed by atoms with Gasteiger partial charge in [-0.1, -0.05) is 17.3 Å². The van der Waals surface area contributed by atoms with E-state index in [-0.39, 0.29) is 6.61 Å². The number of primary amides is 1. The average Bonchev–Trinajstić information content (AvgIpc) is 2.93. The molecule has 0 bridgehead atoms. The fourth-order valence-corrected chi connectivity index (χ4v) is 1.87. The molecule has 8 heteroatoms. The summed E-state index contributed by atoms with van der Waals surface area (Å²) in [6.45, 7) is 0.233. The highest BCUT2D eigenvalue weighted by atomic mass is 16.5. The predicted octanol–water partition coefficient (Wildman–Crippen LogP) is -0.0825. The Hall–Kier alpha value is -2.61. The Labute approximate surface area is 121 Å². The maximum absolute atomic E-state index is 11.7. The van der Waals surface area contributed by atoms with Crippen molar-refractivity contribution < 1.29 is 14.6 Å². The number of ether oxygens (including phenoxy) is 1. The van der Waals surface area contributed by atoms with Crippen molar-refractivity contribution in [3.63, 3.8) is 0 Å². The second-order valence-electron chi connectivity index (χ2n) is 4.31. The van der Waals surface area contributed by atoms with Crippen LogP contribution in [0.3, 0.4) is 0 Å². The number of aromatic nitrogens is 3. The number of benzene rings is 1. The van der Waals surface area contributed by atoms with Crippen molar-refractivity contribution in [1.82, 2.24) is 15.0 Å². The van der Waals surface area contributed by atoms with Crippen molar-refractivity contribution in [3.8, 4) is 5.75 Å². The zero-order chi connectivity index (χ0) is 15.2. The molecule has 21 heavy (non-hydrogen) atoms. The molecule has 0 saturated carbocycles. The quantitative estimate of drug-likeness (QED) is 0.657. The van der Waals surface area contributed by atoms with Gasteiger partial charge in [-0.3, -0.25) is 4.79 Å². The molecule has 1 heterocycles. The Bertz CT molecular complexity index is 613. The average molecular weight is 291 g/mol. The zero-order valence-electron chi connectivity index (χ0n) is 11.6. The molecule has 112 valence electrons. The number of carbonyl (C=O) groups excluding carboxylic acids is 1. The van der Waals surface area contributed by atoms with Crippen LogP contribution in [-0.2, 0) is 11.3 Å². The van der Waals surface area contributed by atoms with Gasteiger partial charge in [0.1, 0.15) is 11.4 Å². The molecule has 0 aliphatic heterocycles. The summed E-state index contributed by atoms with van der Waals surface area (Å²) < 4.78 is 6.66. The van der Waals surface area contributed by atoms with Crippen LogP contribution in [0.5, 0.6) is 5.75 Å². The number of nitrogens with zero attached hydrogens (tertiary/aromatic N) is 3. The molecule has 0 spiro atoms. The van der Waals surface area contributed by atoms with Gasteiger partial charge in [-0.25, -0.2) is 4.68 Å². The minimum absolute atomic E-state index is 0.0655. The van der Waals surface area contributed by atoms with E-state index >= 15 is 0 Å². The summed E-state index contributed by atoms with van der Waals surface area (Å²) in [5.74, 6) is 0.00320. The van der Waals surface area contributed by atoms with Crippen molar-refractivity contribution >= 4 is 11.6 Å². The van der Waals surface area contributed by atoms with Gasteiger partial charge < -0.3 is 20.9 Å². The number of hydrogen-bond acceptors (Lipinski definition) is 6. The summed E-state index contributed by atoms with van der Waals surface area (Å²) in [6.07, 6.45) is 1.56. The van der Waals surface area contributed by atoms with Crippen molar-refractivity contribution in [2.24, 2.45) is 5.73 Å². The number of nitrogens with two attached hydrogens (primary N) is 1. The van der Waals surface area contributed by atoms with E-state index in [1.807, 2.05) is 12.1 Å². The van der Waals surface area contributed by atoms with Crippen molar-refractivity contribution in [2.45, 2.75) is 12.6 Å². The Kier molecular flexibility index (Phi) is 4.72. The fourth-order valence-electron chi connectivity index (χ4n) is 1.87. The van der Waals surface area contributed by atoms with Gasteiger partial charge in [-0.15, -0.1) is 5.10 Å². The third-order valence-electron chi connectivity index (χ3n) is 2.87. The van der Waals surface area contributed by atoms with E-state index in [0.29, 0.717) is 23.7 Å². The summed E-state index contributed by atoms with van der Waals surface area (Å²) in [7, 11) is 1.54. The number of nitrogens with one attached hydrogen (secondary N) is 1. The number of para-hydroxylation sites is 2. The normalized spacial score (nSPS) is 11.9. The smallest absolute Gasteiger partial charge is 0.246 e.